The highest BCUT2D eigenvalue weighted by atomic mass is 16.2. The number of carbonyl (C=O) groups excluding carboxylic acids is 3. The fourth-order valence-corrected chi connectivity index (χ4v) is 3.75. The van der Waals surface area contributed by atoms with Crippen molar-refractivity contribution in [3.05, 3.63) is 0 Å². The predicted octanol–water partition coefficient (Wildman–Crippen LogP) is 2.25. The summed E-state index contributed by atoms with van der Waals surface area (Å²) in [4.78, 5) is 36.2. The third-order valence-corrected chi connectivity index (χ3v) is 5.48. The number of carbonyl (C=O) groups is 3. The third-order valence-electron chi connectivity index (χ3n) is 5.48. The van der Waals surface area contributed by atoms with E-state index in [1.54, 1.807) is 0 Å². The van der Waals surface area contributed by atoms with Crippen molar-refractivity contribution in [2.75, 3.05) is 26.2 Å². The van der Waals surface area contributed by atoms with Crippen LogP contribution in [0.25, 0.3) is 0 Å². The molecule has 0 aliphatic heterocycles. The van der Waals surface area contributed by atoms with Crippen molar-refractivity contribution in [2.24, 2.45) is 5.92 Å². The van der Waals surface area contributed by atoms with E-state index in [2.05, 4.69) is 28.2 Å². The Morgan fingerprint density at radius 1 is 0.862 bits per heavy atom. The molecule has 1 fully saturated rings. The average molecular weight is 411 g/mol. The van der Waals surface area contributed by atoms with Crippen molar-refractivity contribution in [3.63, 3.8) is 0 Å². The Morgan fingerprint density at radius 3 is 2.31 bits per heavy atom. The van der Waals surface area contributed by atoms with Crippen LogP contribution in [0.2, 0.25) is 0 Å². The number of unbranched alkanes of at least 4 members (excludes halogenated alkanes) is 1. The second-order valence-corrected chi connectivity index (χ2v) is 8.15. The number of hydrogen-bond donors (Lipinski definition) is 4. The number of rotatable bonds is 15. The Morgan fingerprint density at radius 2 is 1.62 bits per heavy atom. The third kappa shape index (κ3) is 12.5. The smallest absolute Gasteiger partial charge is 0.243 e. The average Bonchev–Trinajstić information content (AvgIpc) is 2.72. The lowest BCUT2D eigenvalue weighted by atomic mass is 9.86. The van der Waals surface area contributed by atoms with Gasteiger partial charge in [-0.3, -0.25) is 14.4 Å². The van der Waals surface area contributed by atoms with Crippen molar-refractivity contribution in [2.45, 2.75) is 90.5 Å². The largest absolute Gasteiger partial charge is 0.355 e. The van der Waals surface area contributed by atoms with Crippen LogP contribution in [0.5, 0.6) is 0 Å². The lowest BCUT2D eigenvalue weighted by Crippen LogP contribution is -2.50. The van der Waals surface area contributed by atoms with Crippen molar-refractivity contribution in [1.29, 1.82) is 0 Å². The molecule has 0 aromatic carbocycles. The summed E-state index contributed by atoms with van der Waals surface area (Å²) in [5, 5.41) is 11.4. The van der Waals surface area contributed by atoms with Gasteiger partial charge in [0.05, 0.1) is 13.1 Å². The molecule has 3 amide bonds. The van der Waals surface area contributed by atoms with Crippen LogP contribution in [0.4, 0.5) is 0 Å². The zero-order valence-electron chi connectivity index (χ0n) is 18.5. The number of nitrogens with one attached hydrogen (secondary N) is 4. The molecule has 0 spiro atoms. The van der Waals surface area contributed by atoms with E-state index >= 15 is 0 Å². The zero-order chi connectivity index (χ0) is 21.3. The highest BCUT2D eigenvalue weighted by Gasteiger charge is 2.20. The maximum atomic E-state index is 12.3. The topological polar surface area (TPSA) is 99.3 Å². The van der Waals surface area contributed by atoms with Gasteiger partial charge in [0.2, 0.25) is 17.7 Å². The van der Waals surface area contributed by atoms with E-state index in [1.165, 1.54) is 38.5 Å². The van der Waals surface area contributed by atoms with Gasteiger partial charge in [0, 0.05) is 6.54 Å². The summed E-state index contributed by atoms with van der Waals surface area (Å²) in [6.45, 7) is 5.62. The van der Waals surface area contributed by atoms with E-state index in [0.717, 1.165) is 38.1 Å². The molecule has 1 saturated carbocycles. The normalized spacial score (nSPS) is 15.5. The lowest BCUT2D eigenvalue weighted by Gasteiger charge is -2.21. The van der Waals surface area contributed by atoms with Crippen molar-refractivity contribution in [1.82, 2.24) is 21.3 Å². The number of hydrogen-bond acceptors (Lipinski definition) is 4. The highest BCUT2D eigenvalue weighted by molar-refractivity contribution is 5.90. The van der Waals surface area contributed by atoms with Crippen LogP contribution >= 0.6 is 0 Å². The first-order valence-corrected chi connectivity index (χ1v) is 11.6. The summed E-state index contributed by atoms with van der Waals surface area (Å²) < 4.78 is 0. The van der Waals surface area contributed by atoms with Crippen LogP contribution in [0, 0.1) is 5.92 Å². The maximum absolute atomic E-state index is 12.3. The van der Waals surface area contributed by atoms with Crippen LogP contribution in [-0.2, 0) is 14.4 Å². The Labute approximate surface area is 176 Å². The molecule has 0 radical (unpaired) electrons. The van der Waals surface area contributed by atoms with Crippen LogP contribution in [0.1, 0.15) is 84.5 Å². The molecular weight excluding hydrogens is 368 g/mol. The second-order valence-electron chi connectivity index (χ2n) is 8.15. The monoisotopic (exact) mass is 410 g/mol. The molecule has 7 nitrogen and oxygen atoms in total. The maximum Gasteiger partial charge on any atom is 0.243 e. The Balaban J connectivity index is 2.20. The zero-order valence-corrected chi connectivity index (χ0v) is 18.5. The van der Waals surface area contributed by atoms with E-state index < -0.39 is 6.04 Å². The minimum absolute atomic E-state index is 0.0575. The molecule has 0 aromatic rings. The standard InChI is InChI=1S/C22H42N4O3/c1-3-5-15-24-20(27)17-25-22(29)19(10-4-2)26-21(28)16-23-14-9-13-18-11-7-6-8-12-18/h18-19,23H,3-17H2,1-2H3,(H,24,27)(H,25,29)(H,26,28)/t19-/m0/s1. The van der Waals surface area contributed by atoms with Gasteiger partial charge in [0.15, 0.2) is 0 Å². The van der Waals surface area contributed by atoms with Gasteiger partial charge in [-0.25, -0.2) is 0 Å². The van der Waals surface area contributed by atoms with Crippen LogP contribution in [-0.4, -0.2) is 49.9 Å². The van der Waals surface area contributed by atoms with Crippen LogP contribution in [0.15, 0.2) is 0 Å². The van der Waals surface area contributed by atoms with E-state index in [9.17, 15) is 14.4 Å². The summed E-state index contributed by atoms with van der Waals surface area (Å²) in [5.74, 6) is 0.177. The van der Waals surface area contributed by atoms with Gasteiger partial charge in [-0.05, 0) is 38.1 Å². The molecule has 4 N–H and O–H groups in total. The Kier molecular flexibility index (Phi) is 14.2. The van der Waals surface area contributed by atoms with Crippen LogP contribution < -0.4 is 21.3 Å². The highest BCUT2D eigenvalue weighted by Crippen LogP contribution is 2.26. The van der Waals surface area contributed by atoms with Gasteiger partial charge in [-0.2, -0.15) is 0 Å². The minimum Gasteiger partial charge on any atom is -0.355 e. The molecule has 1 rings (SSSR count). The molecule has 1 aliphatic rings. The molecule has 0 bridgehead atoms. The quantitative estimate of drug-likeness (QED) is 0.311. The molecule has 0 heterocycles. The first kappa shape index (κ1) is 25.4. The van der Waals surface area contributed by atoms with Gasteiger partial charge in [0.1, 0.15) is 6.04 Å². The molecule has 0 unspecified atom stereocenters. The van der Waals surface area contributed by atoms with Crippen LogP contribution in [0.3, 0.4) is 0 Å². The second kappa shape index (κ2) is 16.2. The molecule has 7 heteroatoms. The molecule has 0 aromatic heterocycles. The van der Waals surface area contributed by atoms with Crippen molar-refractivity contribution < 1.29 is 14.4 Å². The molecule has 29 heavy (non-hydrogen) atoms. The molecule has 1 atom stereocenters. The number of amides is 3. The molecule has 1 aliphatic carbocycles. The van der Waals surface area contributed by atoms with Gasteiger partial charge in [-0.1, -0.05) is 58.8 Å². The van der Waals surface area contributed by atoms with Gasteiger partial charge in [0.25, 0.3) is 0 Å². The summed E-state index contributed by atoms with van der Waals surface area (Å²) >= 11 is 0. The summed E-state index contributed by atoms with van der Waals surface area (Å²) in [6, 6.07) is -0.597. The predicted molar refractivity (Wildman–Crippen MR) is 116 cm³/mol. The minimum atomic E-state index is -0.597. The Bertz CT molecular complexity index is 479. The van der Waals surface area contributed by atoms with Gasteiger partial charge < -0.3 is 21.3 Å². The first-order valence-electron chi connectivity index (χ1n) is 11.6. The summed E-state index contributed by atoms with van der Waals surface area (Å²) in [7, 11) is 0. The lowest BCUT2D eigenvalue weighted by molar-refractivity contribution is -0.130. The summed E-state index contributed by atoms with van der Waals surface area (Å²) in [5.41, 5.74) is 0. The SMILES string of the molecule is CCCCNC(=O)CNC(=O)[C@H](CCC)NC(=O)CNCCCC1CCCCC1. The fraction of sp³-hybridized carbons (Fsp3) is 0.864. The first-order chi connectivity index (χ1) is 14.1. The van der Waals surface area contributed by atoms with E-state index in [1.807, 2.05) is 6.92 Å². The van der Waals surface area contributed by atoms with Crippen molar-refractivity contribution >= 4 is 17.7 Å². The van der Waals surface area contributed by atoms with Gasteiger partial charge >= 0.3 is 0 Å². The molecule has 0 saturated heterocycles. The van der Waals surface area contributed by atoms with Crippen molar-refractivity contribution in [3.8, 4) is 0 Å². The molecular formula is C22H42N4O3. The van der Waals surface area contributed by atoms with E-state index in [-0.39, 0.29) is 30.8 Å². The molecule has 168 valence electrons. The van der Waals surface area contributed by atoms with E-state index in [0.29, 0.717) is 13.0 Å². The van der Waals surface area contributed by atoms with E-state index in [4.69, 9.17) is 0 Å². The fourth-order valence-electron chi connectivity index (χ4n) is 3.75. The Hall–Kier alpha value is -1.63. The van der Waals surface area contributed by atoms with Gasteiger partial charge in [-0.15, -0.1) is 0 Å². The summed E-state index contributed by atoms with van der Waals surface area (Å²) in [6.07, 6.45) is 12.4.